The summed E-state index contributed by atoms with van der Waals surface area (Å²) in [5.41, 5.74) is 3.67. The van der Waals surface area contributed by atoms with Crippen molar-refractivity contribution in [3.8, 4) is 11.3 Å². The van der Waals surface area contributed by atoms with Crippen LogP contribution in [0, 0.1) is 0 Å². The predicted molar refractivity (Wildman–Crippen MR) is 104 cm³/mol. The fourth-order valence-electron chi connectivity index (χ4n) is 4.04. The van der Waals surface area contributed by atoms with Crippen LogP contribution in [0.4, 0.5) is 8.78 Å². The van der Waals surface area contributed by atoms with Crippen LogP contribution in [-0.4, -0.2) is 4.98 Å². The Balaban J connectivity index is 1.69. The summed E-state index contributed by atoms with van der Waals surface area (Å²) in [4.78, 5) is 4.48. The third kappa shape index (κ3) is 2.71. The quantitative estimate of drug-likeness (QED) is 0.397. The molecule has 0 spiro atoms. The van der Waals surface area contributed by atoms with E-state index in [0.29, 0.717) is 0 Å². The molecule has 5 rings (SSSR count). The van der Waals surface area contributed by atoms with Crippen LogP contribution in [0.2, 0.25) is 0 Å². The first kappa shape index (κ1) is 16.1. The highest BCUT2D eigenvalue weighted by atomic mass is 19.3. The molecule has 1 nitrogen and oxygen atoms in total. The molecule has 132 valence electrons. The van der Waals surface area contributed by atoms with Gasteiger partial charge in [-0.05, 0) is 34.7 Å². The van der Waals surface area contributed by atoms with Gasteiger partial charge in [0.15, 0.2) is 0 Å². The number of halogens is 2. The van der Waals surface area contributed by atoms with Gasteiger partial charge in [-0.25, -0.2) is 8.78 Å². The van der Waals surface area contributed by atoms with E-state index in [1.165, 1.54) is 0 Å². The van der Waals surface area contributed by atoms with E-state index in [0.717, 1.165) is 33.2 Å². The molecule has 0 saturated heterocycles. The average molecular weight is 357 g/mol. The summed E-state index contributed by atoms with van der Waals surface area (Å²) in [6.07, 6.45) is 1.52. The molecule has 0 radical (unpaired) electrons. The third-order valence-corrected chi connectivity index (χ3v) is 5.39. The largest absolute Gasteiger partial charge is 0.274 e. The van der Waals surface area contributed by atoms with Gasteiger partial charge in [0.05, 0.1) is 5.69 Å². The van der Waals surface area contributed by atoms with Gasteiger partial charge in [0.25, 0.3) is 5.92 Å². The second-order valence-corrected chi connectivity index (χ2v) is 7.09. The summed E-state index contributed by atoms with van der Waals surface area (Å²) < 4.78 is 29.4. The minimum absolute atomic E-state index is 0.137. The Kier molecular flexibility index (Phi) is 3.57. The number of pyridine rings is 1. The average Bonchev–Trinajstić information content (AvgIpc) is 2.98. The Hall–Kier alpha value is -3.07. The smallest absolute Gasteiger partial charge is 0.256 e. The molecule has 1 aliphatic rings. The van der Waals surface area contributed by atoms with Gasteiger partial charge < -0.3 is 0 Å². The minimum Gasteiger partial charge on any atom is -0.256 e. The van der Waals surface area contributed by atoms with E-state index in [4.69, 9.17) is 0 Å². The van der Waals surface area contributed by atoms with Gasteiger partial charge in [0.2, 0.25) is 0 Å². The van der Waals surface area contributed by atoms with Crippen molar-refractivity contribution in [2.24, 2.45) is 0 Å². The Morgan fingerprint density at radius 1 is 0.815 bits per heavy atom. The lowest BCUT2D eigenvalue weighted by Gasteiger charge is -2.12. The highest BCUT2D eigenvalue weighted by molar-refractivity contribution is 5.87. The summed E-state index contributed by atoms with van der Waals surface area (Å²) in [7, 11) is 0. The first-order valence-electron chi connectivity index (χ1n) is 9.04. The summed E-state index contributed by atoms with van der Waals surface area (Å²) in [6, 6.07) is 25.0. The van der Waals surface area contributed by atoms with E-state index in [1.807, 2.05) is 72.8 Å². The fourth-order valence-corrected chi connectivity index (χ4v) is 4.04. The van der Waals surface area contributed by atoms with Crippen molar-refractivity contribution in [1.82, 2.24) is 4.98 Å². The van der Waals surface area contributed by atoms with Crippen LogP contribution < -0.4 is 0 Å². The lowest BCUT2D eigenvalue weighted by Crippen LogP contribution is -2.08. The van der Waals surface area contributed by atoms with Gasteiger partial charge in [-0.3, -0.25) is 4.98 Å². The molecular weight excluding hydrogens is 340 g/mol. The monoisotopic (exact) mass is 357 g/mol. The van der Waals surface area contributed by atoms with Gasteiger partial charge in [-0.2, -0.15) is 0 Å². The number of hydrogen-bond donors (Lipinski definition) is 0. The molecule has 0 bridgehead atoms. The highest BCUT2D eigenvalue weighted by Gasteiger charge is 2.45. The maximum atomic E-state index is 14.7. The zero-order valence-corrected chi connectivity index (χ0v) is 14.6. The van der Waals surface area contributed by atoms with Crippen LogP contribution in [0.5, 0.6) is 0 Å². The number of fused-ring (bicyclic) bond motifs is 2. The van der Waals surface area contributed by atoms with Gasteiger partial charge in [0.1, 0.15) is 0 Å². The second-order valence-electron chi connectivity index (χ2n) is 7.09. The molecule has 1 aromatic heterocycles. The van der Waals surface area contributed by atoms with Crippen molar-refractivity contribution in [1.29, 1.82) is 0 Å². The molecule has 0 aliphatic heterocycles. The van der Waals surface area contributed by atoms with E-state index >= 15 is 0 Å². The van der Waals surface area contributed by atoms with E-state index in [-0.39, 0.29) is 17.9 Å². The van der Waals surface area contributed by atoms with Gasteiger partial charge in [0, 0.05) is 35.0 Å². The van der Waals surface area contributed by atoms with Crippen molar-refractivity contribution < 1.29 is 8.78 Å². The van der Waals surface area contributed by atoms with Crippen LogP contribution in [-0.2, 0) is 5.92 Å². The van der Waals surface area contributed by atoms with E-state index in [1.54, 1.807) is 12.3 Å². The van der Waals surface area contributed by atoms with Crippen LogP contribution in [0.15, 0.2) is 85.1 Å². The number of benzene rings is 3. The molecule has 0 saturated carbocycles. The normalized spacial score (nSPS) is 17.8. The molecule has 1 heterocycles. The molecular formula is C24H17F2N. The van der Waals surface area contributed by atoms with Gasteiger partial charge >= 0.3 is 0 Å². The van der Waals surface area contributed by atoms with Crippen LogP contribution in [0.1, 0.15) is 29.0 Å². The molecule has 27 heavy (non-hydrogen) atoms. The Morgan fingerprint density at radius 3 is 2.26 bits per heavy atom. The summed E-state index contributed by atoms with van der Waals surface area (Å²) in [5, 5.41) is 1.70. The Labute approximate surface area is 156 Å². The number of hydrogen-bond acceptors (Lipinski definition) is 1. The molecule has 0 fully saturated rings. The molecule has 0 amide bonds. The van der Waals surface area contributed by atoms with Gasteiger partial charge in [-0.1, -0.05) is 60.7 Å². The molecule has 0 N–H and O–H groups in total. The first-order chi connectivity index (χ1) is 13.1. The topological polar surface area (TPSA) is 12.9 Å². The highest BCUT2D eigenvalue weighted by Crippen LogP contribution is 2.51. The van der Waals surface area contributed by atoms with E-state index in [2.05, 4.69) is 4.98 Å². The number of aromatic nitrogens is 1. The van der Waals surface area contributed by atoms with Crippen molar-refractivity contribution in [2.75, 3.05) is 0 Å². The fraction of sp³-hybridized carbons (Fsp3) is 0.125. The van der Waals surface area contributed by atoms with Gasteiger partial charge in [-0.15, -0.1) is 0 Å². The molecule has 1 atom stereocenters. The number of nitrogens with zero attached hydrogens (tertiary/aromatic N) is 1. The first-order valence-corrected chi connectivity index (χ1v) is 9.04. The minimum atomic E-state index is -2.82. The summed E-state index contributed by atoms with van der Waals surface area (Å²) in [5.74, 6) is -3.10. The van der Waals surface area contributed by atoms with Crippen molar-refractivity contribution in [3.63, 3.8) is 0 Å². The lowest BCUT2D eigenvalue weighted by molar-refractivity contribution is -0.00458. The molecule has 3 heteroatoms. The van der Waals surface area contributed by atoms with Crippen molar-refractivity contribution in [2.45, 2.75) is 18.3 Å². The third-order valence-electron chi connectivity index (χ3n) is 5.39. The van der Waals surface area contributed by atoms with Crippen LogP contribution in [0.3, 0.4) is 0 Å². The van der Waals surface area contributed by atoms with E-state index < -0.39 is 5.92 Å². The summed E-state index contributed by atoms with van der Waals surface area (Å²) in [6.45, 7) is 0. The lowest BCUT2D eigenvalue weighted by atomic mass is 9.91. The number of rotatable bonds is 2. The van der Waals surface area contributed by atoms with Crippen LogP contribution >= 0.6 is 0 Å². The molecule has 1 aliphatic carbocycles. The zero-order valence-electron chi connectivity index (χ0n) is 14.6. The van der Waals surface area contributed by atoms with Crippen molar-refractivity contribution in [3.05, 3.63) is 102 Å². The molecule has 3 aromatic carbocycles. The molecule has 4 aromatic rings. The van der Waals surface area contributed by atoms with Crippen LogP contribution in [0.25, 0.3) is 22.0 Å². The standard InChI is InChI=1S/C24H17F2N/c25-24(26)14-21(16-7-3-1-4-8-16)20-11-18-13-23(17-9-5-2-6-10-17)27-15-19(18)12-22(20)24/h1-13,15,21H,14H2. The Morgan fingerprint density at radius 2 is 1.52 bits per heavy atom. The Bertz CT molecular complexity index is 1120. The molecule has 1 unspecified atom stereocenters. The predicted octanol–water partition coefficient (Wildman–Crippen LogP) is 6.53. The summed E-state index contributed by atoms with van der Waals surface area (Å²) >= 11 is 0. The number of alkyl halides is 2. The SMILES string of the molecule is FC1(F)CC(c2ccccc2)c2cc3cc(-c4ccccc4)ncc3cc21. The van der Waals surface area contributed by atoms with Crippen molar-refractivity contribution >= 4 is 10.8 Å². The zero-order chi connectivity index (χ0) is 18.4. The maximum absolute atomic E-state index is 14.7. The van der Waals surface area contributed by atoms with E-state index in [9.17, 15) is 8.78 Å². The second kappa shape index (κ2) is 5.98. The maximum Gasteiger partial charge on any atom is 0.274 e.